The Morgan fingerprint density at radius 1 is 1.46 bits per heavy atom. The van der Waals surface area contributed by atoms with Crippen molar-refractivity contribution < 1.29 is 9.84 Å². The fourth-order valence-electron chi connectivity index (χ4n) is 2.34. The Morgan fingerprint density at radius 2 is 2.19 bits per heavy atom. The number of aromatic nitrogens is 2. The van der Waals surface area contributed by atoms with E-state index in [1.807, 2.05) is 32.0 Å². The van der Waals surface area contributed by atoms with Crippen LogP contribution < -0.4 is 10.5 Å². The fraction of sp³-hybridized carbons (Fsp3) is 0.278. The van der Waals surface area contributed by atoms with Crippen molar-refractivity contribution in [2.45, 2.75) is 26.5 Å². The fourth-order valence-corrected chi connectivity index (χ4v) is 2.72. The van der Waals surface area contributed by atoms with E-state index in [-0.39, 0.29) is 41.9 Å². The summed E-state index contributed by atoms with van der Waals surface area (Å²) < 4.78 is 7.92. The number of nitrogens with two attached hydrogens (primary N) is 1. The zero-order valence-electron chi connectivity index (χ0n) is 14.4. The van der Waals surface area contributed by atoms with E-state index in [9.17, 15) is 10.5 Å². The van der Waals surface area contributed by atoms with Crippen LogP contribution in [0.2, 0.25) is 0 Å². The van der Waals surface area contributed by atoms with Crippen molar-refractivity contribution in [1.29, 1.82) is 10.5 Å². The molecule has 134 valence electrons. The van der Waals surface area contributed by atoms with Gasteiger partial charge in [-0.15, -0.1) is 0 Å². The van der Waals surface area contributed by atoms with E-state index in [1.165, 1.54) is 4.68 Å². The molecule has 1 aromatic heterocycles. The summed E-state index contributed by atoms with van der Waals surface area (Å²) in [5, 5.41) is 32.3. The summed E-state index contributed by atoms with van der Waals surface area (Å²) >= 11 is 3.41. The van der Waals surface area contributed by atoms with Gasteiger partial charge < -0.3 is 15.6 Å². The lowest BCUT2D eigenvalue weighted by atomic mass is 10.1. The van der Waals surface area contributed by atoms with Crippen LogP contribution in [-0.4, -0.2) is 27.6 Å². The molecule has 2 aromatic rings. The number of allylic oxidation sites excluding steroid dienone is 1. The van der Waals surface area contributed by atoms with Crippen LogP contribution in [0.3, 0.4) is 0 Å². The standard InChI is InChI=1S/C18H18BrN5O2/c1-11(2)26-16-4-3-14(19)8-12(16)7-13(9-20)17-15(10-21)18(22)24(23-17)5-6-25/h3-4,7-8,11,25H,5-6,22H2,1-2H3/b13-7+. The number of anilines is 1. The lowest BCUT2D eigenvalue weighted by Gasteiger charge is -2.13. The smallest absolute Gasteiger partial charge is 0.140 e. The van der Waals surface area contributed by atoms with Crippen molar-refractivity contribution >= 4 is 33.4 Å². The number of ether oxygens (including phenoxy) is 1. The topological polar surface area (TPSA) is 121 Å². The van der Waals surface area contributed by atoms with Gasteiger partial charge in [0.05, 0.1) is 24.8 Å². The molecule has 2 rings (SSSR count). The second-order valence-electron chi connectivity index (χ2n) is 5.69. The molecule has 0 saturated carbocycles. The predicted molar refractivity (Wildman–Crippen MR) is 102 cm³/mol. The molecule has 0 atom stereocenters. The zero-order valence-corrected chi connectivity index (χ0v) is 16.0. The van der Waals surface area contributed by atoms with Crippen molar-refractivity contribution in [3.05, 3.63) is 39.5 Å². The molecule has 0 aliphatic heterocycles. The maximum Gasteiger partial charge on any atom is 0.140 e. The van der Waals surface area contributed by atoms with Gasteiger partial charge in [-0.05, 0) is 38.1 Å². The van der Waals surface area contributed by atoms with Crippen LogP contribution in [0.15, 0.2) is 22.7 Å². The van der Waals surface area contributed by atoms with Crippen LogP contribution in [0.25, 0.3) is 11.6 Å². The van der Waals surface area contributed by atoms with Crippen LogP contribution in [0.1, 0.15) is 30.7 Å². The predicted octanol–water partition coefficient (Wildman–Crippen LogP) is 2.94. The first-order valence-electron chi connectivity index (χ1n) is 7.86. The second-order valence-corrected chi connectivity index (χ2v) is 6.60. The maximum atomic E-state index is 9.61. The van der Waals surface area contributed by atoms with E-state index in [0.29, 0.717) is 11.3 Å². The number of nitrogens with zero attached hydrogens (tertiary/aromatic N) is 4. The molecule has 0 fully saturated rings. The van der Waals surface area contributed by atoms with Crippen molar-refractivity contribution in [3.63, 3.8) is 0 Å². The summed E-state index contributed by atoms with van der Waals surface area (Å²) in [6.45, 7) is 3.77. The first kappa shape index (κ1) is 19.5. The third kappa shape index (κ3) is 4.23. The van der Waals surface area contributed by atoms with E-state index in [0.717, 1.165) is 4.47 Å². The number of nitriles is 2. The number of rotatable bonds is 6. The number of aliphatic hydroxyl groups excluding tert-OH is 1. The van der Waals surface area contributed by atoms with Crippen LogP contribution >= 0.6 is 15.9 Å². The Kier molecular flexibility index (Phi) is 6.40. The van der Waals surface area contributed by atoms with E-state index >= 15 is 0 Å². The molecule has 0 radical (unpaired) electrons. The van der Waals surface area contributed by atoms with Gasteiger partial charge in [0.2, 0.25) is 0 Å². The molecule has 0 aliphatic rings. The van der Waals surface area contributed by atoms with Crippen molar-refractivity contribution in [1.82, 2.24) is 9.78 Å². The van der Waals surface area contributed by atoms with Gasteiger partial charge in [-0.2, -0.15) is 15.6 Å². The summed E-state index contributed by atoms with van der Waals surface area (Å²) in [7, 11) is 0. The zero-order chi connectivity index (χ0) is 19.3. The van der Waals surface area contributed by atoms with Gasteiger partial charge in [0, 0.05) is 10.0 Å². The van der Waals surface area contributed by atoms with Crippen molar-refractivity contribution in [2.75, 3.05) is 12.3 Å². The monoisotopic (exact) mass is 415 g/mol. The lowest BCUT2D eigenvalue weighted by Crippen LogP contribution is -2.08. The molecule has 3 N–H and O–H groups in total. The quantitative estimate of drug-likeness (QED) is 0.699. The van der Waals surface area contributed by atoms with Crippen LogP contribution in [0.5, 0.6) is 5.75 Å². The molecule has 0 spiro atoms. The highest BCUT2D eigenvalue weighted by Gasteiger charge is 2.19. The minimum Gasteiger partial charge on any atom is -0.490 e. The minimum absolute atomic E-state index is 0.0389. The Labute approximate surface area is 160 Å². The third-order valence-electron chi connectivity index (χ3n) is 3.43. The molecule has 26 heavy (non-hydrogen) atoms. The molecule has 1 aromatic carbocycles. The summed E-state index contributed by atoms with van der Waals surface area (Å²) in [5.74, 6) is 0.725. The number of nitrogen functional groups attached to an aromatic ring is 1. The summed E-state index contributed by atoms with van der Waals surface area (Å²) in [6, 6.07) is 9.51. The number of hydrogen-bond donors (Lipinski definition) is 2. The molecule has 0 unspecified atom stereocenters. The van der Waals surface area contributed by atoms with E-state index in [4.69, 9.17) is 15.6 Å². The van der Waals surface area contributed by atoms with Gasteiger partial charge >= 0.3 is 0 Å². The molecule has 0 amide bonds. The Balaban J connectivity index is 2.60. The normalized spacial score (nSPS) is 11.3. The molecule has 1 heterocycles. The van der Waals surface area contributed by atoms with Gasteiger partial charge in [-0.25, -0.2) is 4.68 Å². The molecule has 0 saturated heterocycles. The SMILES string of the molecule is CC(C)Oc1ccc(Br)cc1/C=C(\C#N)c1nn(CCO)c(N)c1C#N. The van der Waals surface area contributed by atoms with Crippen molar-refractivity contribution in [2.24, 2.45) is 0 Å². The molecule has 8 heteroatoms. The molecular formula is C18H18BrN5O2. The summed E-state index contributed by atoms with van der Waals surface area (Å²) in [6.07, 6.45) is 1.57. The van der Waals surface area contributed by atoms with Gasteiger partial charge in [0.1, 0.15) is 35.0 Å². The van der Waals surface area contributed by atoms with Crippen molar-refractivity contribution in [3.8, 4) is 17.9 Å². The summed E-state index contributed by atoms with van der Waals surface area (Å²) in [5.41, 5.74) is 7.03. The number of hydrogen-bond acceptors (Lipinski definition) is 6. The lowest BCUT2D eigenvalue weighted by molar-refractivity contribution is 0.242. The first-order valence-corrected chi connectivity index (χ1v) is 8.66. The highest BCUT2D eigenvalue weighted by Crippen LogP contribution is 2.30. The van der Waals surface area contributed by atoms with Crippen LogP contribution in [-0.2, 0) is 6.54 Å². The van der Waals surface area contributed by atoms with Gasteiger partial charge in [-0.3, -0.25) is 0 Å². The Morgan fingerprint density at radius 3 is 2.77 bits per heavy atom. The van der Waals surface area contributed by atoms with Gasteiger partial charge in [0.15, 0.2) is 0 Å². The average molecular weight is 416 g/mol. The average Bonchev–Trinajstić information content (AvgIpc) is 2.90. The third-order valence-corrected chi connectivity index (χ3v) is 3.92. The highest BCUT2D eigenvalue weighted by atomic mass is 79.9. The van der Waals surface area contributed by atoms with E-state index in [1.54, 1.807) is 12.1 Å². The minimum atomic E-state index is -0.181. The number of aliphatic hydroxyl groups is 1. The van der Waals surface area contributed by atoms with Crippen LogP contribution in [0, 0.1) is 22.7 Å². The van der Waals surface area contributed by atoms with E-state index < -0.39 is 0 Å². The molecule has 0 bridgehead atoms. The van der Waals surface area contributed by atoms with E-state index in [2.05, 4.69) is 27.1 Å². The molecule has 0 aliphatic carbocycles. The summed E-state index contributed by atoms with van der Waals surface area (Å²) in [4.78, 5) is 0. The van der Waals surface area contributed by atoms with Gasteiger partial charge in [0.25, 0.3) is 0 Å². The first-order chi connectivity index (χ1) is 12.4. The molecule has 7 nitrogen and oxygen atoms in total. The highest BCUT2D eigenvalue weighted by molar-refractivity contribution is 9.10. The Bertz CT molecular complexity index is 919. The Hall–Kier alpha value is -2.81. The number of benzene rings is 1. The maximum absolute atomic E-state index is 9.61. The van der Waals surface area contributed by atoms with Gasteiger partial charge in [-0.1, -0.05) is 15.9 Å². The number of halogens is 1. The van der Waals surface area contributed by atoms with Crippen LogP contribution in [0.4, 0.5) is 5.82 Å². The largest absolute Gasteiger partial charge is 0.490 e. The second kappa shape index (κ2) is 8.52. The molecular weight excluding hydrogens is 398 g/mol.